The highest BCUT2D eigenvalue weighted by molar-refractivity contribution is 5.86. The summed E-state index contributed by atoms with van der Waals surface area (Å²) in [7, 11) is 0. The Labute approximate surface area is 116 Å². The van der Waals surface area contributed by atoms with Crippen LogP contribution in [0, 0.1) is 12.7 Å². The zero-order valence-electron chi connectivity index (χ0n) is 11.4. The molecule has 1 N–H and O–H groups in total. The van der Waals surface area contributed by atoms with Crippen molar-refractivity contribution in [1.29, 1.82) is 0 Å². The van der Waals surface area contributed by atoms with Crippen molar-refractivity contribution < 1.29 is 9.13 Å². The molecule has 0 aliphatic rings. The maximum atomic E-state index is 14.0. The van der Waals surface area contributed by atoms with E-state index in [1.807, 2.05) is 26.1 Å². The van der Waals surface area contributed by atoms with Crippen molar-refractivity contribution in [3.05, 3.63) is 53.6 Å². The van der Waals surface area contributed by atoms with Gasteiger partial charge in [0.2, 0.25) is 0 Å². The van der Waals surface area contributed by atoms with Crippen LogP contribution < -0.4 is 4.74 Å². The Morgan fingerprint density at radius 2 is 2.10 bits per heavy atom. The highest BCUT2D eigenvalue weighted by Crippen LogP contribution is 2.32. The molecule has 3 rings (SSSR count). The molecule has 2 aromatic heterocycles. The number of nitrogens with zero attached hydrogens (tertiary/aromatic N) is 1. The lowest BCUT2D eigenvalue weighted by Gasteiger charge is -2.09. The predicted molar refractivity (Wildman–Crippen MR) is 76.7 cm³/mol. The third-order valence-electron chi connectivity index (χ3n) is 3.36. The van der Waals surface area contributed by atoms with E-state index >= 15 is 0 Å². The Balaban J connectivity index is 2.03. The van der Waals surface area contributed by atoms with Crippen LogP contribution in [0.1, 0.15) is 18.1 Å². The predicted octanol–water partition coefficient (Wildman–Crippen LogP) is 4.37. The van der Waals surface area contributed by atoms with Gasteiger partial charge in [0.1, 0.15) is 11.4 Å². The van der Waals surface area contributed by atoms with Crippen LogP contribution in [0.15, 0.2) is 36.7 Å². The molecular weight excluding hydrogens is 255 g/mol. The molecule has 1 aromatic carbocycles. The van der Waals surface area contributed by atoms with Crippen LogP contribution in [-0.4, -0.2) is 9.97 Å². The maximum Gasteiger partial charge on any atom is 0.165 e. The molecule has 0 saturated heterocycles. The second kappa shape index (κ2) is 4.96. The normalized spacial score (nSPS) is 10.9. The number of ether oxygens (including phenoxy) is 1. The van der Waals surface area contributed by atoms with E-state index in [9.17, 15) is 4.39 Å². The first kappa shape index (κ1) is 12.7. The van der Waals surface area contributed by atoms with E-state index in [1.165, 1.54) is 6.07 Å². The topological polar surface area (TPSA) is 37.9 Å². The summed E-state index contributed by atoms with van der Waals surface area (Å²) in [5.41, 5.74) is 2.71. The molecule has 3 aromatic rings. The molecule has 0 aliphatic heterocycles. The van der Waals surface area contributed by atoms with Crippen molar-refractivity contribution >= 4 is 11.0 Å². The van der Waals surface area contributed by atoms with Gasteiger partial charge in [0.05, 0.1) is 5.39 Å². The van der Waals surface area contributed by atoms with E-state index < -0.39 is 0 Å². The first-order chi connectivity index (χ1) is 9.69. The Kier molecular flexibility index (Phi) is 3.14. The number of hydrogen-bond donors (Lipinski definition) is 1. The first-order valence-electron chi connectivity index (χ1n) is 6.58. The van der Waals surface area contributed by atoms with Crippen molar-refractivity contribution in [2.24, 2.45) is 0 Å². The summed E-state index contributed by atoms with van der Waals surface area (Å²) in [5.74, 6) is 0.495. The number of benzene rings is 1. The van der Waals surface area contributed by atoms with Gasteiger partial charge in [0.25, 0.3) is 0 Å². The van der Waals surface area contributed by atoms with Crippen LogP contribution in [0.4, 0.5) is 4.39 Å². The highest BCUT2D eigenvalue weighted by atomic mass is 19.1. The summed E-state index contributed by atoms with van der Waals surface area (Å²) in [6.07, 6.45) is 4.31. The van der Waals surface area contributed by atoms with Crippen molar-refractivity contribution in [2.45, 2.75) is 20.3 Å². The third-order valence-corrected chi connectivity index (χ3v) is 3.36. The average Bonchev–Trinajstić information content (AvgIpc) is 2.84. The SMILES string of the molecule is CCc1ccc(Oc2ccnc3[nH]cc(C)c23)c(F)c1. The van der Waals surface area contributed by atoms with Gasteiger partial charge in [-0.05, 0) is 42.7 Å². The minimum Gasteiger partial charge on any atom is -0.453 e. The van der Waals surface area contributed by atoms with Gasteiger partial charge in [-0.1, -0.05) is 13.0 Å². The Bertz CT molecular complexity index is 764. The summed E-state index contributed by atoms with van der Waals surface area (Å²) in [6, 6.07) is 6.80. The molecule has 0 radical (unpaired) electrons. The van der Waals surface area contributed by atoms with Crippen LogP contribution in [0.2, 0.25) is 0 Å². The third kappa shape index (κ3) is 2.13. The van der Waals surface area contributed by atoms with Crippen LogP contribution >= 0.6 is 0 Å². The van der Waals surface area contributed by atoms with Crippen LogP contribution in [0.5, 0.6) is 11.5 Å². The zero-order valence-corrected chi connectivity index (χ0v) is 11.4. The first-order valence-corrected chi connectivity index (χ1v) is 6.58. The number of H-pyrrole nitrogens is 1. The number of pyridine rings is 1. The number of rotatable bonds is 3. The molecule has 20 heavy (non-hydrogen) atoms. The van der Waals surface area contributed by atoms with Crippen molar-refractivity contribution in [3.63, 3.8) is 0 Å². The molecule has 0 fully saturated rings. The molecule has 0 saturated carbocycles. The van der Waals surface area contributed by atoms with Crippen LogP contribution in [0.25, 0.3) is 11.0 Å². The Morgan fingerprint density at radius 3 is 2.85 bits per heavy atom. The average molecular weight is 270 g/mol. The smallest absolute Gasteiger partial charge is 0.165 e. The lowest BCUT2D eigenvalue weighted by molar-refractivity contribution is 0.445. The fraction of sp³-hybridized carbons (Fsp3) is 0.188. The number of aromatic amines is 1. The lowest BCUT2D eigenvalue weighted by Crippen LogP contribution is -1.92. The van der Waals surface area contributed by atoms with Crippen LogP contribution in [-0.2, 0) is 6.42 Å². The standard InChI is InChI=1S/C16H15FN2O/c1-3-11-4-5-13(12(17)8-11)20-14-6-7-18-16-15(14)10(2)9-19-16/h4-9H,3H2,1-2H3,(H,18,19). The fourth-order valence-electron chi connectivity index (χ4n) is 2.23. The van der Waals surface area contributed by atoms with Crippen molar-refractivity contribution in [3.8, 4) is 11.5 Å². The Morgan fingerprint density at radius 1 is 1.25 bits per heavy atom. The molecule has 0 amide bonds. The van der Waals surface area contributed by atoms with Crippen molar-refractivity contribution in [2.75, 3.05) is 0 Å². The molecule has 0 bridgehead atoms. The van der Waals surface area contributed by atoms with Crippen LogP contribution in [0.3, 0.4) is 0 Å². The molecule has 0 atom stereocenters. The van der Waals surface area contributed by atoms with E-state index in [1.54, 1.807) is 18.3 Å². The molecule has 0 spiro atoms. The van der Waals surface area contributed by atoms with E-state index in [4.69, 9.17) is 4.74 Å². The molecule has 0 unspecified atom stereocenters. The molecule has 4 heteroatoms. The van der Waals surface area contributed by atoms with Gasteiger partial charge in [-0.25, -0.2) is 9.37 Å². The lowest BCUT2D eigenvalue weighted by atomic mass is 10.1. The number of halogens is 1. The summed E-state index contributed by atoms with van der Waals surface area (Å²) < 4.78 is 19.7. The second-order valence-electron chi connectivity index (χ2n) is 4.72. The molecule has 3 nitrogen and oxygen atoms in total. The van der Waals surface area contributed by atoms with E-state index in [0.29, 0.717) is 5.75 Å². The van der Waals surface area contributed by atoms with E-state index in [0.717, 1.165) is 28.6 Å². The minimum absolute atomic E-state index is 0.232. The molecular formula is C16H15FN2O. The summed E-state index contributed by atoms with van der Waals surface area (Å²) in [4.78, 5) is 7.29. The Hall–Kier alpha value is -2.36. The molecule has 2 heterocycles. The zero-order chi connectivity index (χ0) is 14.1. The van der Waals surface area contributed by atoms with Gasteiger partial charge < -0.3 is 9.72 Å². The van der Waals surface area contributed by atoms with Gasteiger partial charge in [-0.15, -0.1) is 0 Å². The highest BCUT2D eigenvalue weighted by Gasteiger charge is 2.11. The van der Waals surface area contributed by atoms with E-state index in [2.05, 4.69) is 9.97 Å². The summed E-state index contributed by atoms with van der Waals surface area (Å²) in [5, 5.41) is 0.881. The minimum atomic E-state index is -0.345. The maximum absolute atomic E-state index is 14.0. The molecule has 102 valence electrons. The second-order valence-corrected chi connectivity index (χ2v) is 4.72. The molecule has 0 aliphatic carbocycles. The number of aromatic nitrogens is 2. The largest absolute Gasteiger partial charge is 0.453 e. The van der Waals surface area contributed by atoms with Gasteiger partial charge >= 0.3 is 0 Å². The summed E-state index contributed by atoms with van der Waals surface area (Å²) in [6.45, 7) is 3.95. The van der Waals surface area contributed by atoms with E-state index in [-0.39, 0.29) is 11.6 Å². The van der Waals surface area contributed by atoms with Gasteiger partial charge in [-0.2, -0.15) is 0 Å². The number of hydrogen-bond acceptors (Lipinski definition) is 2. The monoisotopic (exact) mass is 270 g/mol. The number of fused-ring (bicyclic) bond motifs is 1. The quantitative estimate of drug-likeness (QED) is 0.767. The van der Waals surface area contributed by atoms with Gasteiger partial charge in [-0.3, -0.25) is 0 Å². The van der Waals surface area contributed by atoms with Gasteiger partial charge in [0.15, 0.2) is 11.6 Å². The summed E-state index contributed by atoms with van der Waals surface area (Å²) >= 11 is 0. The fourth-order valence-corrected chi connectivity index (χ4v) is 2.23. The van der Waals surface area contributed by atoms with Gasteiger partial charge in [0, 0.05) is 12.4 Å². The number of aryl methyl sites for hydroxylation is 2. The number of nitrogens with one attached hydrogen (secondary N) is 1. The van der Waals surface area contributed by atoms with Crippen molar-refractivity contribution in [1.82, 2.24) is 9.97 Å².